The Morgan fingerprint density at radius 2 is 2.11 bits per heavy atom. The van der Waals surface area contributed by atoms with Crippen molar-refractivity contribution in [2.75, 3.05) is 18.9 Å². The monoisotopic (exact) mass is 245 g/mol. The average molecular weight is 245 g/mol. The highest BCUT2D eigenvalue weighted by Crippen LogP contribution is 2.34. The molecule has 0 bridgehead atoms. The summed E-state index contributed by atoms with van der Waals surface area (Å²) in [7, 11) is 2.24. The molecule has 2 fully saturated rings. The minimum Gasteiger partial charge on any atom is -0.367 e. The fourth-order valence-electron chi connectivity index (χ4n) is 3.02. The number of hydrogen-bond acceptors (Lipinski definition) is 3. The number of aromatic nitrogens is 1. The highest BCUT2D eigenvalue weighted by molar-refractivity contribution is 5.47. The predicted molar refractivity (Wildman–Crippen MR) is 74.7 cm³/mol. The van der Waals surface area contributed by atoms with Crippen molar-refractivity contribution in [1.82, 2.24) is 9.88 Å². The van der Waals surface area contributed by atoms with Gasteiger partial charge in [0.1, 0.15) is 5.82 Å². The summed E-state index contributed by atoms with van der Waals surface area (Å²) in [5.74, 6) is 1.13. The largest absolute Gasteiger partial charge is 0.367 e. The fraction of sp³-hybridized carbons (Fsp3) is 0.667. The van der Waals surface area contributed by atoms with Gasteiger partial charge in [-0.05, 0) is 51.8 Å². The average Bonchev–Trinajstić information content (AvgIpc) is 2.35. The SMILES string of the molecule is CN1CCCC[C@H]1c1cccnc1NC1CCC1. The molecule has 1 aliphatic carbocycles. The molecule has 3 nitrogen and oxygen atoms in total. The van der Waals surface area contributed by atoms with Crippen LogP contribution in [0.5, 0.6) is 0 Å². The first-order valence-corrected chi connectivity index (χ1v) is 7.26. The molecule has 3 heteroatoms. The van der Waals surface area contributed by atoms with Gasteiger partial charge in [-0.15, -0.1) is 0 Å². The van der Waals surface area contributed by atoms with E-state index in [1.54, 1.807) is 0 Å². The minimum absolute atomic E-state index is 0.551. The van der Waals surface area contributed by atoms with Gasteiger partial charge in [0.2, 0.25) is 0 Å². The second kappa shape index (κ2) is 5.27. The van der Waals surface area contributed by atoms with Crippen molar-refractivity contribution >= 4 is 5.82 Å². The maximum atomic E-state index is 4.57. The zero-order valence-electron chi connectivity index (χ0n) is 11.2. The number of hydrogen-bond donors (Lipinski definition) is 1. The number of nitrogens with one attached hydrogen (secondary N) is 1. The Hall–Kier alpha value is -1.09. The van der Waals surface area contributed by atoms with E-state index in [2.05, 4.69) is 34.4 Å². The lowest BCUT2D eigenvalue weighted by Gasteiger charge is -2.35. The topological polar surface area (TPSA) is 28.2 Å². The third-order valence-electron chi connectivity index (χ3n) is 4.41. The van der Waals surface area contributed by atoms with Crippen LogP contribution in [0.2, 0.25) is 0 Å². The van der Waals surface area contributed by atoms with Gasteiger partial charge < -0.3 is 5.32 Å². The van der Waals surface area contributed by atoms with Crippen molar-refractivity contribution in [2.24, 2.45) is 0 Å². The molecule has 2 heterocycles. The predicted octanol–water partition coefficient (Wildman–Crippen LogP) is 3.20. The summed E-state index contributed by atoms with van der Waals surface area (Å²) in [4.78, 5) is 7.05. The van der Waals surface area contributed by atoms with Crippen LogP contribution in [0.25, 0.3) is 0 Å². The molecule has 1 aromatic heterocycles. The highest BCUT2D eigenvalue weighted by atomic mass is 15.1. The smallest absolute Gasteiger partial charge is 0.130 e. The molecule has 1 saturated carbocycles. The molecule has 1 aromatic rings. The molecule has 98 valence electrons. The van der Waals surface area contributed by atoms with Crippen LogP contribution in [0.4, 0.5) is 5.82 Å². The first kappa shape index (κ1) is 12.0. The second-order valence-corrected chi connectivity index (χ2v) is 5.71. The molecule has 0 unspecified atom stereocenters. The first-order valence-electron chi connectivity index (χ1n) is 7.26. The van der Waals surface area contributed by atoms with Crippen molar-refractivity contribution in [3.8, 4) is 0 Å². The molecule has 0 aromatic carbocycles. The van der Waals surface area contributed by atoms with Gasteiger partial charge in [-0.3, -0.25) is 4.90 Å². The Bertz CT molecular complexity index is 400. The third-order valence-corrected chi connectivity index (χ3v) is 4.41. The summed E-state index contributed by atoms with van der Waals surface area (Å²) in [5, 5.41) is 3.63. The summed E-state index contributed by atoms with van der Waals surface area (Å²) >= 11 is 0. The molecule has 18 heavy (non-hydrogen) atoms. The normalized spacial score (nSPS) is 25.7. The first-order chi connectivity index (χ1) is 8.84. The van der Waals surface area contributed by atoms with Gasteiger partial charge >= 0.3 is 0 Å². The van der Waals surface area contributed by atoms with Crippen molar-refractivity contribution in [3.63, 3.8) is 0 Å². The van der Waals surface area contributed by atoms with Crippen LogP contribution in [0.3, 0.4) is 0 Å². The summed E-state index contributed by atoms with van der Waals surface area (Å²) in [5.41, 5.74) is 1.40. The van der Waals surface area contributed by atoms with Gasteiger partial charge in [-0.25, -0.2) is 4.98 Å². The summed E-state index contributed by atoms with van der Waals surface area (Å²) in [6.45, 7) is 1.21. The lowest BCUT2D eigenvalue weighted by Crippen LogP contribution is -2.32. The van der Waals surface area contributed by atoms with Crippen LogP contribution in [0, 0.1) is 0 Å². The van der Waals surface area contributed by atoms with E-state index in [9.17, 15) is 0 Å². The number of pyridine rings is 1. The summed E-state index contributed by atoms with van der Waals surface area (Å²) in [6.07, 6.45) is 9.82. The third kappa shape index (κ3) is 2.37. The van der Waals surface area contributed by atoms with Gasteiger partial charge in [0.05, 0.1) is 0 Å². The Kier molecular flexibility index (Phi) is 3.50. The number of piperidine rings is 1. The molecular formula is C15H23N3. The molecule has 3 rings (SSSR count). The Morgan fingerprint density at radius 3 is 2.83 bits per heavy atom. The van der Waals surface area contributed by atoms with Crippen LogP contribution in [0.15, 0.2) is 18.3 Å². The standard InChI is InChI=1S/C15H23N3/c1-18-11-3-2-9-14(18)13-8-5-10-16-15(13)17-12-6-4-7-12/h5,8,10,12,14H,2-4,6-7,9,11H2,1H3,(H,16,17)/t14-/m0/s1. The van der Waals surface area contributed by atoms with Gasteiger partial charge in [0, 0.05) is 23.8 Å². The van der Waals surface area contributed by atoms with Gasteiger partial charge in [0.15, 0.2) is 0 Å². The van der Waals surface area contributed by atoms with E-state index in [4.69, 9.17) is 0 Å². The number of anilines is 1. The van der Waals surface area contributed by atoms with Crippen LogP contribution in [-0.2, 0) is 0 Å². The zero-order valence-corrected chi connectivity index (χ0v) is 11.2. The maximum absolute atomic E-state index is 4.57. The minimum atomic E-state index is 0.551. The molecule has 1 N–H and O–H groups in total. The van der Waals surface area contributed by atoms with Crippen molar-refractivity contribution in [1.29, 1.82) is 0 Å². The number of likely N-dealkylation sites (tertiary alicyclic amines) is 1. The summed E-state index contributed by atoms with van der Waals surface area (Å²) in [6, 6.07) is 5.53. The van der Waals surface area contributed by atoms with Crippen LogP contribution in [-0.4, -0.2) is 29.5 Å². The molecule has 1 aliphatic heterocycles. The van der Waals surface area contributed by atoms with E-state index in [1.807, 2.05) is 6.20 Å². The van der Waals surface area contributed by atoms with E-state index in [0.29, 0.717) is 12.1 Å². The quantitative estimate of drug-likeness (QED) is 0.886. The van der Waals surface area contributed by atoms with E-state index >= 15 is 0 Å². The second-order valence-electron chi connectivity index (χ2n) is 5.71. The van der Waals surface area contributed by atoms with Gasteiger partial charge in [-0.1, -0.05) is 12.5 Å². The Labute approximate surface area is 110 Å². The van der Waals surface area contributed by atoms with Crippen LogP contribution in [0.1, 0.15) is 50.1 Å². The molecule has 0 radical (unpaired) electrons. The van der Waals surface area contributed by atoms with E-state index in [-0.39, 0.29) is 0 Å². The molecule has 0 amide bonds. The van der Waals surface area contributed by atoms with Crippen LogP contribution >= 0.6 is 0 Å². The Morgan fingerprint density at radius 1 is 1.22 bits per heavy atom. The molecular weight excluding hydrogens is 222 g/mol. The van der Waals surface area contributed by atoms with Crippen molar-refractivity contribution in [2.45, 2.75) is 50.6 Å². The Balaban J connectivity index is 1.80. The molecule has 0 spiro atoms. The van der Waals surface area contributed by atoms with E-state index in [1.165, 1.54) is 50.6 Å². The molecule has 1 atom stereocenters. The van der Waals surface area contributed by atoms with E-state index < -0.39 is 0 Å². The molecule has 2 aliphatic rings. The maximum Gasteiger partial charge on any atom is 0.130 e. The van der Waals surface area contributed by atoms with Crippen molar-refractivity contribution < 1.29 is 0 Å². The van der Waals surface area contributed by atoms with Crippen LogP contribution < -0.4 is 5.32 Å². The van der Waals surface area contributed by atoms with Gasteiger partial charge in [-0.2, -0.15) is 0 Å². The molecule has 1 saturated heterocycles. The lowest BCUT2D eigenvalue weighted by molar-refractivity contribution is 0.187. The summed E-state index contributed by atoms with van der Waals surface area (Å²) < 4.78 is 0. The van der Waals surface area contributed by atoms with E-state index in [0.717, 1.165) is 5.82 Å². The number of nitrogens with zero attached hydrogens (tertiary/aromatic N) is 2. The zero-order chi connectivity index (χ0) is 12.4. The number of rotatable bonds is 3. The van der Waals surface area contributed by atoms with Crippen molar-refractivity contribution in [3.05, 3.63) is 23.9 Å². The fourth-order valence-corrected chi connectivity index (χ4v) is 3.02. The highest BCUT2D eigenvalue weighted by Gasteiger charge is 2.25. The lowest BCUT2D eigenvalue weighted by atomic mass is 9.92. The van der Waals surface area contributed by atoms with Gasteiger partial charge in [0.25, 0.3) is 0 Å².